The van der Waals surface area contributed by atoms with Gasteiger partial charge in [-0.3, -0.25) is 4.98 Å². The number of rotatable bonds is 7. The summed E-state index contributed by atoms with van der Waals surface area (Å²) < 4.78 is 6.33. The molecule has 31 heavy (non-hydrogen) atoms. The van der Waals surface area contributed by atoms with Crippen molar-refractivity contribution in [2.75, 3.05) is 27.2 Å². The molecule has 1 N–H and O–H groups in total. The lowest BCUT2D eigenvalue weighted by Crippen LogP contribution is -2.32. The molecule has 0 spiro atoms. The van der Waals surface area contributed by atoms with Crippen LogP contribution in [0.4, 0.5) is 0 Å². The monoisotopic (exact) mass is 474 g/mol. The van der Waals surface area contributed by atoms with E-state index < -0.39 is 0 Å². The standard InChI is InChI=1S/C23H24Cl2N4OS/c1-28(2)12-5-13-29-22(21(27-23(29)31)18-6-3-4-11-26-18)20-10-9-19(30-20)16-8-7-15(24)14-17(16)25/h3-4,6-11,14,21-22H,5,12-13H2,1-2H3,(H,27,31)/t21-,22-/m0/s1. The molecule has 0 radical (unpaired) electrons. The normalized spacial score (nSPS) is 18.6. The molecule has 162 valence electrons. The Kier molecular flexibility index (Phi) is 6.82. The summed E-state index contributed by atoms with van der Waals surface area (Å²) in [6, 6.07) is 15.0. The van der Waals surface area contributed by atoms with E-state index in [0.717, 1.165) is 36.5 Å². The first kappa shape index (κ1) is 22.1. The molecule has 0 amide bonds. The highest BCUT2D eigenvalue weighted by Gasteiger charge is 2.41. The highest BCUT2D eigenvalue weighted by Crippen LogP contribution is 2.41. The van der Waals surface area contributed by atoms with Crippen molar-refractivity contribution < 1.29 is 4.42 Å². The van der Waals surface area contributed by atoms with Gasteiger partial charge in [0.05, 0.1) is 16.8 Å². The summed E-state index contributed by atoms with van der Waals surface area (Å²) in [5, 5.41) is 5.31. The number of pyridine rings is 1. The van der Waals surface area contributed by atoms with Gasteiger partial charge >= 0.3 is 0 Å². The van der Waals surface area contributed by atoms with Crippen LogP contribution in [0.25, 0.3) is 11.3 Å². The predicted molar refractivity (Wildman–Crippen MR) is 129 cm³/mol. The Balaban J connectivity index is 1.68. The molecule has 2 atom stereocenters. The van der Waals surface area contributed by atoms with E-state index in [4.69, 9.17) is 39.8 Å². The van der Waals surface area contributed by atoms with Crippen LogP contribution < -0.4 is 5.32 Å². The van der Waals surface area contributed by atoms with Crippen LogP contribution in [0, 0.1) is 0 Å². The Labute approximate surface area is 198 Å². The van der Waals surface area contributed by atoms with Crippen LogP contribution in [0.3, 0.4) is 0 Å². The van der Waals surface area contributed by atoms with Gasteiger partial charge in [-0.05, 0) is 81.7 Å². The third-order valence-electron chi connectivity index (χ3n) is 5.32. The topological polar surface area (TPSA) is 44.5 Å². The van der Waals surface area contributed by atoms with Crippen LogP contribution in [0.1, 0.15) is 30.0 Å². The van der Waals surface area contributed by atoms with Gasteiger partial charge in [0.25, 0.3) is 0 Å². The van der Waals surface area contributed by atoms with Gasteiger partial charge in [-0.2, -0.15) is 0 Å². The third kappa shape index (κ3) is 4.88. The van der Waals surface area contributed by atoms with Crippen LogP contribution in [-0.4, -0.2) is 47.1 Å². The van der Waals surface area contributed by atoms with Gasteiger partial charge in [0.1, 0.15) is 17.6 Å². The molecule has 8 heteroatoms. The summed E-state index contributed by atoms with van der Waals surface area (Å²) in [7, 11) is 4.15. The van der Waals surface area contributed by atoms with Gasteiger partial charge in [0, 0.05) is 23.3 Å². The molecule has 1 aliphatic rings. The van der Waals surface area contributed by atoms with Gasteiger partial charge in [-0.1, -0.05) is 29.3 Å². The first-order chi connectivity index (χ1) is 14.9. The largest absolute Gasteiger partial charge is 0.459 e. The number of halogens is 2. The molecule has 3 heterocycles. The fraction of sp³-hybridized carbons (Fsp3) is 0.304. The summed E-state index contributed by atoms with van der Waals surface area (Å²) >= 11 is 18.2. The summed E-state index contributed by atoms with van der Waals surface area (Å²) in [5.74, 6) is 1.51. The molecule has 0 saturated carbocycles. The summed E-state index contributed by atoms with van der Waals surface area (Å²) in [5.41, 5.74) is 1.73. The van der Waals surface area contributed by atoms with Crippen molar-refractivity contribution in [3.8, 4) is 11.3 Å². The van der Waals surface area contributed by atoms with Gasteiger partial charge in [-0.15, -0.1) is 0 Å². The van der Waals surface area contributed by atoms with Crippen molar-refractivity contribution in [2.24, 2.45) is 0 Å². The third-order valence-corrected chi connectivity index (χ3v) is 6.22. The van der Waals surface area contributed by atoms with Crippen LogP contribution >= 0.6 is 35.4 Å². The average Bonchev–Trinajstić information content (AvgIpc) is 3.33. The average molecular weight is 475 g/mol. The second-order valence-electron chi connectivity index (χ2n) is 7.80. The van der Waals surface area contributed by atoms with Gasteiger partial charge in [0.15, 0.2) is 5.11 Å². The zero-order chi connectivity index (χ0) is 22.0. The number of thiocarbonyl (C=S) groups is 1. The lowest BCUT2D eigenvalue weighted by atomic mass is 10.0. The number of hydrogen-bond acceptors (Lipinski definition) is 4. The van der Waals surface area contributed by atoms with Crippen molar-refractivity contribution in [1.82, 2.24) is 20.1 Å². The maximum Gasteiger partial charge on any atom is 0.170 e. The molecule has 1 aromatic carbocycles. The van der Waals surface area contributed by atoms with Gasteiger partial charge in [-0.25, -0.2) is 0 Å². The second kappa shape index (κ2) is 9.57. The maximum atomic E-state index is 6.40. The summed E-state index contributed by atoms with van der Waals surface area (Å²) in [6.45, 7) is 1.79. The zero-order valence-electron chi connectivity index (χ0n) is 17.4. The fourth-order valence-electron chi connectivity index (χ4n) is 3.86. The molecule has 0 bridgehead atoms. The molecule has 0 aliphatic carbocycles. The van der Waals surface area contributed by atoms with E-state index >= 15 is 0 Å². The van der Waals surface area contributed by atoms with E-state index in [-0.39, 0.29) is 12.1 Å². The van der Waals surface area contributed by atoms with E-state index in [9.17, 15) is 0 Å². The second-order valence-corrected chi connectivity index (χ2v) is 9.03. The smallest absolute Gasteiger partial charge is 0.170 e. The molecule has 1 fully saturated rings. The quantitative estimate of drug-likeness (QED) is 0.451. The molecule has 5 nitrogen and oxygen atoms in total. The number of aromatic nitrogens is 1. The van der Waals surface area contributed by atoms with Crippen molar-refractivity contribution >= 4 is 40.5 Å². The zero-order valence-corrected chi connectivity index (χ0v) is 19.7. The minimum Gasteiger partial charge on any atom is -0.459 e. The molecule has 4 rings (SSSR count). The molecular weight excluding hydrogens is 451 g/mol. The summed E-state index contributed by atoms with van der Waals surface area (Å²) in [4.78, 5) is 8.94. The van der Waals surface area contributed by atoms with Crippen molar-refractivity contribution in [2.45, 2.75) is 18.5 Å². The lowest BCUT2D eigenvalue weighted by Gasteiger charge is -2.26. The van der Waals surface area contributed by atoms with Crippen molar-refractivity contribution in [3.05, 3.63) is 76.2 Å². The van der Waals surface area contributed by atoms with E-state index in [2.05, 4.69) is 34.2 Å². The molecule has 1 saturated heterocycles. The number of nitrogens with one attached hydrogen (secondary N) is 1. The number of nitrogens with zero attached hydrogens (tertiary/aromatic N) is 3. The molecule has 1 aliphatic heterocycles. The molecule has 3 aromatic rings. The Bertz CT molecular complexity index is 1060. The Morgan fingerprint density at radius 2 is 2.00 bits per heavy atom. The van der Waals surface area contributed by atoms with Crippen LogP contribution in [-0.2, 0) is 0 Å². The Hall–Kier alpha value is -2.12. The maximum absolute atomic E-state index is 6.40. The lowest BCUT2D eigenvalue weighted by molar-refractivity contribution is 0.261. The minimum absolute atomic E-state index is 0.104. The number of benzene rings is 1. The highest BCUT2D eigenvalue weighted by atomic mass is 35.5. The van der Waals surface area contributed by atoms with Crippen LogP contribution in [0.15, 0.2) is 59.1 Å². The molecule has 2 aromatic heterocycles. The Morgan fingerprint density at radius 3 is 2.71 bits per heavy atom. The molecular formula is C23H24Cl2N4OS. The van der Waals surface area contributed by atoms with E-state index in [1.165, 1.54) is 0 Å². The number of hydrogen-bond donors (Lipinski definition) is 1. The Morgan fingerprint density at radius 1 is 1.16 bits per heavy atom. The van der Waals surface area contributed by atoms with Crippen LogP contribution in [0.5, 0.6) is 0 Å². The minimum atomic E-state index is -0.107. The first-order valence-electron chi connectivity index (χ1n) is 10.1. The van der Waals surface area contributed by atoms with Gasteiger partial charge < -0.3 is 19.5 Å². The fourth-order valence-corrected chi connectivity index (χ4v) is 4.69. The summed E-state index contributed by atoms with van der Waals surface area (Å²) in [6.07, 6.45) is 2.78. The number of furan rings is 1. The van der Waals surface area contributed by atoms with Crippen molar-refractivity contribution in [1.29, 1.82) is 0 Å². The predicted octanol–water partition coefficient (Wildman–Crippen LogP) is 5.57. The van der Waals surface area contributed by atoms with Gasteiger partial charge in [0.2, 0.25) is 0 Å². The molecule has 0 unspecified atom stereocenters. The van der Waals surface area contributed by atoms with Crippen molar-refractivity contribution in [3.63, 3.8) is 0 Å². The van der Waals surface area contributed by atoms with Crippen LogP contribution in [0.2, 0.25) is 10.0 Å². The first-order valence-corrected chi connectivity index (χ1v) is 11.3. The van der Waals surface area contributed by atoms with E-state index in [1.54, 1.807) is 12.3 Å². The highest BCUT2D eigenvalue weighted by molar-refractivity contribution is 7.80. The van der Waals surface area contributed by atoms with E-state index in [0.29, 0.717) is 20.9 Å². The van der Waals surface area contributed by atoms with E-state index in [1.807, 2.05) is 42.5 Å². The SMILES string of the molecule is CN(C)CCCN1C(=S)N[C@@H](c2ccccn2)[C@@H]1c1ccc(-c2ccc(Cl)cc2Cl)o1.